The Bertz CT molecular complexity index is 1360. The molecule has 4 aromatic carbocycles. The van der Waals surface area contributed by atoms with E-state index in [9.17, 15) is 0 Å². The monoisotopic (exact) mass is 570 g/mol. The maximum Gasteiger partial charge on any atom is 0.0238 e. The average Bonchev–Trinajstić information content (AvgIpc) is 3.04. The number of thioether (sulfide) groups is 1. The van der Waals surface area contributed by atoms with E-state index in [4.69, 9.17) is 0 Å². The lowest BCUT2D eigenvalue weighted by atomic mass is 9.96. The van der Waals surface area contributed by atoms with Crippen LogP contribution in [-0.4, -0.2) is 0 Å². The summed E-state index contributed by atoms with van der Waals surface area (Å²) in [6, 6.07) is 32.0. The summed E-state index contributed by atoms with van der Waals surface area (Å²) in [5, 5.41) is 0. The van der Waals surface area contributed by atoms with Gasteiger partial charge in [-0.15, -0.1) is 11.8 Å². The summed E-state index contributed by atoms with van der Waals surface area (Å²) in [7, 11) is 0. The standard InChI is InChI=1S/C41H46S/c1-3-5-7-9-11-32-13-17-34(18-14-32)21-23-36-25-27-39-38(29-36)31-42-41-30-37(26-28-40(39)41)24-22-35-19-15-33(16-20-35)12-10-8-6-4-2/h13-30H,3-12,31H2,1-2H3/b23-21+,24-22+. The molecule has 1 heterocycles. The van der Waals surface area contributed by atoms with Gasteiger partial charge >= 0.3 is 0 Å². The summed E-state index contributed by atoms with van der Waals surface area (Å²) in [6.45, 7) is 4.54. The summed E-state index contributed by atoms with van der Waals surface area (Å²) in [5.74, 6) is 1.02. The Morgan fingerprint density at radius 3 is 1.52 bits per heavy atom. The van der Waals surface area contributed by atoms with Gasteiger partial charge in [-0.1, -0.05) is 156 Å². The summed E-state index contributed by atoms with van der Waals surface area (Å²) < 4.78 is 0. The van der Waals surface area contributed by atoms with Gasteiger partial charge in [0.15, 0.2) is 0 Å². The SMILES string of the molecule is CCCCCCc1ccc(/C=C/c2ccc3c(c2)CSc2cc(/C=C/c4ccc(CCCCCC)cc4)ccc2-3)cc1. The first-order chi connectivity index (χ1) is 20.7. The van der Waals surface area contributed by atoms with E-state index in [0.717, 1.165) is 5.75 Å². The fourth-order valence-corrected chi connectivity index (χ4v) is 6.83. The van der Waals surface area contributed by atoms with Crippen molar-refractivity contribution in [1.29, 1.82) is 0 Å². The summed E-state index contributed by atoms with van der Waals surface area (Å²) in [5.41, 5.74) is 12.1. The van der Waals surface area contributed by atoms with Gasteiger partial charge < -0.3 is 0 Å². The van der Waals surface area contributed by atoms with Crippen LogP contribution < -0.4 is 0 Å². The van der Waals surface area contributed by atoms with Crippen LogP contribution in [0.5, 0.6) is 0 Å². The lowest BCUT2D eigenvalue weighted by molar-refractivity contribution is 0.667. The second kappa shape index (κ2) is 15.8. The van der Waals surface area contributed by atoms with E-state index < -0.39 is 0 Å². The van der Waals surface area contributed by atoms with Gasteiger partial charge in [0.05, 0.1) is 0 Å². The Morgan fingerprint density at radius 1 is 0.500 bits per heavy atom. The minimum Gasteiger partial charge on any atom is -0.121 e. The highest BCUT2D eigenvalue weighted by atomic mass is 32.2. The highest BCUT2D eigenvalue weighted by Crippen LogP contribution is 2.42. The Kier molecular flexibility index (Phi) is 11.4. The molecule has 0 nitrogen and oxygen atoms in total. The van der Waals surface area contributed by atoms with E-state index in [1.165, 1.54) is 119 Å². The van der Waals surface area contributed by atoms with Gasteiger partial charge in [0.1, 0.15) is 0 Å². The molecule has 1 aliphatic heterocycles. The number of benzene rings is 4. The van der Waals surface area contributed by atoms with E-state index in [0.29, 0.717) is 0 Å². The van der Waals surface area contributed by atoms with Crippen LogP contribution in [0.25, 0.3) is 35.4 Å². The predicted molar refractivity (Wildman–Crippen MR) is 188 cm³/mol. The second-order valence-electron chi connectivity index (χ2n) is 11.7. The Hall–Kier alpha value is -3.29. The fourth-order valence-electron chi connectivity index (χ4n) is 5.73. The van der Waals surface area contributed by atoms with Gasteiger partial charge in [-0.3, -0.25) is 0 Å². The van der Waals surface area contributed by atoms with Crippen LogP contribution in [0.15, 0.2) is 89.8 Å². The molecule has 0 saturated heterocycles. The third kappa shape index (κ3) is 8.62. The number of unbranched alkanes of at least 4 members (excludes halogenated alkanes) is 6. The smallest absolute Gasteiger partial charge is 0.0238 e. The molecule has 0 atom stereocenters. The molecule has 0 spiro atoms. The lowest BCUT2D eigenvalue weighted by Crippen LogP contribution is -1.97. The molecule has 1 heteroatoms. The van der Waals surface area contributed by atoms with E-state index in [2.05, 4.69) is 123 Å². The lowest BCUT2D eigenvalue weighted by Gasteiger charge is -2.20. The van der Waals surface area contributed by atoms with Crippen LogP contribution in [0.3, 0.4) is 0 Å². The molecule has 0 aromatic heterocycles. The van der Waals surface area contributed by atoms with Gasteiger partial charge in [-0.05, 0) is 81.8 Å². The third-order valence-corrected chi connectivity index (χ3v) is 9.45. The zero-order valence-electron chi connectivity index (χ0n) is 25.6. The molecule has 0 bridgehead atoms. The summed E-state index contributed by atoms with van der Waals surface area (Å²) in [4.78, 5) is 1.38. The van der Waals surface area contributed by atoms with Crippen molar-refractivity contribution in [2.45, 2.75) is 88.7 Å². The Balaban J connectivity index is 1.19. The molecular weight excluding hydrogens is 525 g/mol. The van der Waals surface area contributed by atoms with Crippen molar-refractivity contribution in [3.8, 4) is 11.1 Å². The Labute approximate surface area is 259 Å². The van der Waals surface area contributed by atoms with Crippen LogP contribution >= 0.6 is 11.8 Å². The van der Waals surface area contributed by atoms with Gasteiger partial charge in [-0.2, -0.15) is 0 Å². The fraction of sp³-hybridized carbons (Fsp3) is 0.317. The van der Waals surface area contributed by atoms with Crippen molar-refractivity contribution in [2.75, 3.05) is 0 Å². The van der Waals surface area contributed by atoms with E-state index >= 15 is 0 Å². The molecule has 0 amide bonds. The Morgan fingerprint density at radius 2 is 0.976 bits per heavy atom. The minimum absolute atomic E-state index is 1.02. The maximum absolute atomic E-state index is 2.37. The topological polar surface area (TPSA) is 0 Å². The minimum atomic E-state index is 1.02. The molecule has 0 radical (unpaired) electrons. The molecule has 42 heavy (non-hydrogen) atoms. The molecule has 1 aliphatic rings. The van der Waals surface area contributed by atoms with Crippen LogP contribution in [0.2, 0.25) is 0 Å². The van der Waals surface area contributed by atoms with E-state index in [1.54, 1.807) is 0 Å². The molecule has 0 N–H and O–H groups in total. The van der Waals surface area contributed by atoms with Crippen LogP contribution in [0, 0.1) is 0 Å². The van der Waals surface area contributed by atoms with Gasteiger partial charge in [-0.25, -0.2) is 0 Å². The number of fused-ring (bicyclic) bond motifs is 3. The van der Waals surface area contributed by atoms with E-state index in [1.807, 2.05) is 11.8 Å². The van der Waals surface area contributed by atoms with Crippen molar-refractivity contribution in [3.63, 3.8) is 0 Å². The number of rotatable bonds is 14. The molecule has 0 fully saturated rings. The molecule has 5 rings (SSSR count). The second-order valence-corrected chi connectivity index (χ2v) is 12.7. The zero-order valence-corrected chi connectivity index (χ0v) is 26.4. The van der Waals surface area contributed by atoms with Crippen molar-refractivity contribution in [2.24, 2.45) is 0 Å². The number of hydrogen-bond donors (Lipinski definition) is 0. The van der Waals surface area contributed by atoms with Gasteiger partial charge in [0, 0.05) is 10.6 Å². The average molecular weight is 571 g/mol. The predicted octanol–water partition coefficient (Wildman–Crippen LogP) is 12.5. The highest BCUT2D eigenvalue weighted by molar-refractivity contribution is 7.98. The maximum atomic E-state index is 2.37. The zero-order chi connectivity index (χ0) is 29.0. The normalized spacial score (nSPS) is 12.6. The molecule has 0 saturated carbocycles. The van der Waals surface area contributed by atoms with Crippen molar-refractivity contribution < 1.29 is 0 Å². The van der Waals surface area contributed by atoms with Crippen molar-refractivity contribution in [3.05, 3.63) is 124 Å². The van der Waals surface area contributed by atoms with Gasteiger partial charge in [0.25, 0.3) is 0 Å². The van der Waals surface area contributed by atoms with Gasteiger partial charge in [0.2, 0.25) is 0 Å². The first-order valence-corrected chi connectivity index (χ1v) is 17.1. The quantitative estimate of drug-likeness (QED) is 0.107. The summed E-state index contributed by atoms with van der Waals surface area (Å²) in [6.07, 6.45) is 21.9. The molecule has 216 valence electrons. The summed E-state index contributed by atoms with van der Waals surface area (Å²) >= 11 is 1.96. The van der Waals surface area contributed by atoms with Crippen molar-refractivity contribution in [1.82, 2.24) is 0 Å². The number of hydrogen-bond acceptors (Lipinski definition) is 1. The van der Waals surface area contributed by atoms with E-state index in [-0.39, 0.29) is 0 Å². The van der Waals surface area contributed by atoms with Crippen LogP contribution in [0.4, 0.5) is 0 Å². The van der Waals surface area contributed by atoms with Crippen LogP contribution in [0.1, 0.15) is 104 Å². The third-order valence-electron chi connectivity index (χ3n) is 8.34. The molecule has 0 unspecified atom stereocenters. The molecule has 4 aromatic rings. The van der Waals surface area contributed by atoms with Crippen molar-refractivity contribution >= 4 is 36.1 Å². The number of aryl methyl sites for hydroxylation is 2. The highest BCUT2D eigenvalue weighted by Gasteiger charge is 2.16. The van der Waals surface area contributed by atoms with Crippen LogP contribution in [-0.2, 0) is 18.6 Å². The largest absolute Gasteiger partial charge is 0.121 e. The molecular formula is C41H46S. The first-order valence-electron chi connectivity index (χ1n) is 16.2. The first kappa shape index (κ1) is 30.2. The molecule has 0 aliphatic carbocycles.